The minimum Gasteiger partial charge on any atom is -0.411 e. The third kappa shape index (κ3) is 5.01. The minimum atomic E-state index is -0.165. The summed E-state index contributed by atoms with van der Waals surface area (Å²) in [7, 11) is 0. The van der Waals surface area contributed by atoms with Crippen LogP contribution in [0.4, 0.5) is 0 Å². The number of hydrogen-bond acceptors (Lipinski definition) is 5. The average Bonchev–Trinajstić information content (AvgIpc) is 3.08. The van der Waals surface area contributed by atoms with E-state index in [-0.39, 0.29) is 11.7 Å². The lowest BCUT2D eigenvalue weighted by Crippen LogP contribution is -2.24. The van der Waals surface area contributed by atoms with Crippen LogP contribution in [0.25, 0.3) is 11.5 Å². The van der Waals surface area contributed by atoms with Crippen LogP contribution in [0.2, 0.25) is 10.0 Å². The first-order chi connectivity index (χ1) is 12.5. The maximum Gasteiger partial charge on any atom is 0.277 e. The fourth-order valence-corrected chi connectivity index (χ4v) is 3.57. The maximum atomic E-state index is 12.0. The van der Waals surface area contributed by atoms with Gasteiger partial charge in [0.2, 0.25) is 11.8 Å². The molecule has 0 fully saturated rings. The molecule has 0 spiro atoms. The van der Waals surface area contributed by atoms with Crippen molar-refractivity contribution < 1.29 is 9.21 Å². The minimum absolute atomic E-state index is 0.156. The Balaban J connectivity index is 1.53. The molecule has 1 heterocycles. The van der Waals surface area contributed by atoms with Crippen LogP contribution in [0.15, 0.2) is 56.6 Å². The molecule has 3 aromatic rings. The van der Waals surface area contributed by atoms with Crippen LogP contribution in [0.1, 0.15) is 5.56 Å². The zero-order chi connectivity index (χ0) is 18.5. The number of benzene rings is 2. The van der Waals surface area contributed by atoms with E-state index < -0.39 is 0 Å². The first-order valence-corrected chi connectivity index (χ1v) is 9.98. The highest BCUT2D eigenvalue weighted by molar-refractivity contribution is 9.10. The monoisotopic (exact) mass is 471 g/mol. The second-order valence-electron chi connectivity index (χ2n) is 5.15. The van der Waals surface area contributed by atoms with E-state index in [1.54, 1.807) is 18.2 Å². The van der Waals surface area contributed by atoms with Gasteiger partial charge < -0.3 is 9.73 Å². The highest BCUT2D eigenvalue weighted by atomic mass is 79.9. The Labute approximate surface area is 172 Å². The van der Waals surface area contributed by atoms with Gasteiger partial charge in [0.25, 0.3) is 5.22 Å². The van der Waals surface area contributed by atoms with Crippen LogP contribution in [-0.2, 0) is 11.3 Å². The van der Waals surface area contributed by atoms with Gasteiger partial charge in [-0.2, -0.15) is 0 Å². The Hall–Kier alpha value is -1.54. The van der Waals surface area contributed by atoms with E-state index in [0.717, 1.165) is 15.6 Å². The van der Waals surface area contributed by atoms with Crippen molar-refractivity contribution in [3.05, 3.63) is 62.5 Å². The number of carbonyl (C=O) groups excluding carboxylic acids is 1. The molecule has 3 rings (SSSR count). The molecule has 0 saturated carbocycles. The van der Waals surface area contributed by atoms with Gasteiger partial charge in [0.15, 0.2) is 0 Å². The molecule has 0 bridgehead atoms. The largest absolute Gasteiger partial charge is 0.411 e. The van der Waals surface area contributed by atoms with E-state index in [1.165, 1.54) is 11.8 Å². The van der Waals surface area contributed by atoms with E-state index >= 15 is 0 Å². The molecule has 2 aromatic carbocycles. The summed E-state index contributed by atoms with van der Waals surface area (Å²) in [6, 6.07) is 12.7. The molecule has 26 heavy (non-hydrogen) atoms. The second-order valence-corrected chi connectivity index (χ2v) is 7.78. The number of hydrogen-bond donors (Lipinski definition) is 1. The molecule has 0 aliphatic rings. The first kappa shape index (κ1) is 19.2. The molecule has 0 aliphatic heterocycles. The summed E-state index contributed by atoms with van der Waals surface area (Å²) in [6.07, 6.45) is 0. The Bertz CT molecular complexity index is 936. The van der Waals surface area contributed by atoms with Crippen molar-refractivity contribution in [2.75, 3.05) is 5.75 Å². The van der Waals surface area contributed by atoms with Crippen LogP contribution in [0, 0.1) is 0 Å². The SMILES string of the molecule is O=C(CSc1nnc(-c2ccccc2Br)o1)NCc1ccc(Cl)cc1Cl. The summed E-state index contributed by atoms with van der Waals surface area (Å²) in [4.78, 5) is 12.0. The number of nitrogens with one attached hydrogen (secondary N) is 1. The van der Waals surface area contributed by atoms with Crippen LogP contribution in [0.3, 0.4) is 0 Å². The maximum absolute atomic E-state index is 12.0. The van der Waals surface area contributed by atoms with Gasteiger partial charge in [0.1, 0.15) is 0 Å². The zero-order valence-electron chi connectivity index (χ0n) is 13.2. The molecular weight excluding hydrogens is 461 g/mol. The van der Waals surface area contributed by atoms with E-state index in [1.807, 2.05) is 24.3 Å². The van der Waals surface area contributed by atoms with Gasteiger partial charge in [-0.25, -0.2) is 0 Å². The molecule has 0 radical (unpaired) electrons. The Morgan fingerprint density at radius 2 is 2.00 bits per heavy atom. The summed E-state index contributed by atoms with van der Waals surface area (Å²) in [5, 5.41) is 12.2. The second kappa shape index (κ2) is 8.90. The smallest absolute Gasteiger partial charge is 0.277 e. The molecule has 5 nitrogen and oxygen atoms in total. The van der Waals surface area contributed by atoms with Crippen molar-refractivity contribution in [1.29, 1.82) is 0 Å². The molecule has 1 aromatic heterocycles. The summed E-state index contributed by atoms with van der Waals surface area (Å²) in [5.74, 6) is 0.387. The summed E-state index contributed by atoms with van der Waals surface area (Å²) in [6.45, 7) is 0.321. The Kier molecular flexibility index (Phi) is 6.58. The normalized spacial score (nSPS) is 10.7. The van der Waals surface area contributed by atoms with Crippen molar-refractivity contribution >= 4 is 56.8 Å². The summed E-state index contributed by atoms with van der Waals surface area (Å²) in [5.41, 5.74) is 1.59. The van der Waals surface area contributed by atoms with Gasteiger partial charge in [-0.15, -0.1) is 10.2 Å². The van der Waals surface area contributed by atoms with E-state index in [0.29, 0.717) is 27.7 Å². The first-order valence-electron chi connectivity index (χ1n) is 7.45. The molecular formula is C17H12BrCl2N3O2S. The Morgan fingerprint density at radius 3 is 2.77 bits per heavy atom. The van der Waals surface area contributed by atoms with Crippen molar-refractivity contribution in [3.8, 4) is 11.5 Å². The van der Waals surface area contributed by atoms with E-state index in [9.17, 15) is 4.79 Å². The number of halogens is 3. The quantitative estimate of drug-likeness (QED) is 0.498. The standard InChI is InChI=1S/C17H12BrCl2N3O2S/c18-13-4-2-1-3-12(13)16-22-23-17(25-16)26-9-15(24)21-8-10-5-6-11(19)7-14(10)20/h1-7H,8-9H2,(H,21,24). The molecule has 1 amide bonds. The number of carbonyl (C=O) groups is 1. The number of amides is 1. The van der Waals surface area contributed by atoms with Crippen molar-refractivity contribution in [2.45, 2.75) is 11.8 Å². The van der Waals surface area contributed by atoms with Crippen LogP contribution >= 0.6 is 50.9 Å². The molecule has 0 unspecified atom stereocenters. The number of aromatic nitrogens is 2. The van der Waals surface area contributed by atoms with Gasteiger partial charge in [-0.1, -0.05) is 53.2 Å². The van der Waals surface area contributed by atoms with E-state index in [4.69, 9.17) is 27.6 Å². The van der Waals surface area contributed by atoms with Gasteiger partial charge in [0, 0.05) is 21.1 Å². The predicted molar refractivity (Wildman–Crippen MR) is 106 cm³/mol. The highest BCUT2D eigenvalue weighted by Crippen LogP contribution is 2.29. The van der Waals surface area contributed by atoms with Gasteiger partial charge in [-0.05, 0) is 45.8 Å². The third-order valence-electron chi connectivity index (χ3n) is 3.33. The zero-order valence-corrected chi connectivity index (χ0v) is 17.1. The lowest BCUT2D eigenvalue weighted by molar-refractivity contribution is -0.118. The number of rotatable bonds is 6. The Morgan fingerprint density at radius 1 is 1.19 bits per heavy atom. The molecule has 9 heteroatoms. The fraction of sp³-hybridized carbons (Fsp3) is 0.118. The lowest BCUT2D eigenvalue weighted by Gasteiger charge is -2.06. The number of nitrogens with zero attached hydrogens (tertiary/aromatic N) is 2. The lowest BCUT2D eigenvalue weighted by atomic mass is 10.2. The van der Waals surface area contributed by atoms with Crippen LogP contribution in [0.5, 0.6) is 0 Å². The van der Waals surface area contributed by atoms with Crippen molar-refractivity contribution in [1.82, 2.24) is 15.5 Å². The van der Waals surface area contributed by atoms with Gasteiger partial charge in [-0.3, -0.25) is 4.79 Å². The van der Waals surface area contributed by atoms with Gasteiger partial charge >= 0.3 is 0 Å². The fourth-order valence-electron chi connectivity index (χ4n) is 2.05. The van der Waals surface area contributed by atoms with Crippen molar-refractivity contribution in [2.24, 2.45) is 0 Å². The van der Waals surface area contributed by atoms with Crippen LogP contribution < -0.4 is 5.32 Å². The average molecular weight is 473 g/mol. The summed E-state index contributed by atoms with van der Waals surface area (Å²) < 4.78 is 6.45. The topological polar surface area (TPSA) is 68.0 Å². The van der Waals surface area contributed by atoms with Gasteiger partial charge in [0.05, 0.1) is 11.3 Å². The molecule has 0 saturated heterocycles. The number of thioether (sulfide) groups is 1. The highest BCUT2D eigenvalue weighted by Gasteiger charge is 2.13. The molecule has 0 aliphatic carbocycles. The molecule has 1 N–H and O–H groups in total. The van der Waals surface area contributed by atoms with Crippen LogP contribution in [-0.4, -0.2) is 21.9 Å². The molecule has 0 atom stereocenters. The third-order valence-corrected chi connectivity index (χ3v) is 5.43. The van der Waals surface area contributed by atoms with Crippen molar-refractivity contribution in [3.63, 3.8) is 0 Å². The predicted octanol–water partition coefficient (Wildman–Crippen LogP) is 5.21. The summed E-state index contributed by atoms with van der Waals surface area (Å²) >= 11 is 16.5. The molecule has 134 valence electrons. The van der Waals surface area contributed by atoms with E-state index in [2.05, 4.69) is 31.4 Å².